The Balaban J connectivity index is 2.54. The van der Waals surface area contributed by atoms with E-state index in [1.165, 1.54) is 18.2 Å². The second-order valence-electron chi connectivity index (χ2n) is 3.41. The lowest BCUT2D eigenvalue weighted by molar-refractivity contribution is 0.623. The molecule has 0 aliphatic heterocycles. The Morgan fingerprint density at radius 1 is 1.07 bits per heavy atom. The maximum absolute atomic E-state index is 13.5. The van der Waals surface area contributed by atoms with Crippen LogP contribution >= 0.6 is 0 Å². The van der Waals surface area contributed by atoms with E-state index in [-0.39, 0.29) is 5.82 Å². The number of benzene rings is 2. The molecule has 75 valence electrons. The van der Waals surface area contributed by atoms with Crippen LogP contribution in [0, 0.1) is 24.6 Å². The van der Waals surface area contributed by atoms with Crippen molar-refractivity contribution in [2.45, 2.75) is 6.92 Å². The van der Waals surface area contributed by atoms with Gasteiger partial charge in [0, 0.05) is 11.6 Å². The molecule has 2 aromatic rings. The van der Waals surface area contributed by atoms with Gasteiger partial charge in [0.25, 0.3) is 0 Å². The highest BCUT2D eigenvalue weighted by Gasteiger charge is 2.05. The summed E-state index contributed by atoms with van der Waals surface area (Å²) in [4.78, 5) is 0. The van der Waals surface area contributed by atoms with E-state index in [2.05, 4.69) is 6.07 Å². The third-order valence-electron chi connectivity index (χ3n) is 2.20. The van der Waals surface area contributed by atoms with Crippen molar-refractivity contribution in [2.75, 3.05) is 0 Å². The molecule has 15 heavy (non-hydrogen) atoms. The minimum atomic E-state index is -0.479. The average molecular weight is 203 g/mol. The molecular weight excluding hydrogens is 194 g/mol. The topological polar surface area (TPSA) is 0 Å². The van der Waals surface area contributed by atoms with E-state index in [9.17, 15) is 8.78 Å². The highest BCUT2D eigenvalue weighted by atomic mass is 19.1. The van der Waals surface area contributed by atoms with E-state index in [4.69, 9.17) is 0 Å². The van der Waals surface area contributed by atoms with Crippen LogP contribution in [0.5, 0.6) is 0 Å². The molecule has 0 aromatic heterocycles. The zero-order chi connectivity index (χ0) is 10.8. The van der Waals surface area contributed by atoms with Crippen LogP contribution in [-0.4, -0.2) is 0 Å². The highest BCUT2D eigenvalue weighted by Crippen LogP contribution is 2.23. The summed E-state index contributed by atoms with van der Waals surface area (Å²) in [6.07, 6.45) is 0. The number of aryl methyl sites for hydroxylation is 1. The first kappa shape index (κ1) is 9.84. The normalized spacial score (nSPS) is 10.3. The van der Waals surface area contributed by atoms with Gasteiger partial charge in [0.2, 0.25) is 0 Å². The second kappa shape index (κ2) is 3.81. The molecule has 0 atom stereocenters. The van der Waals surface area contributed by atoms with Crippen LogP contribution in [0.15, 0.2) is 36.4 Å². The summed E-state index contributed by atoms with van der Waals surface area (Å²) in [7, 11) is 0. The van der Waals surface area contributed by atoms with Gasteiger partial charge in [-0.1, -0.05) is 24.3 Å². The van der Waals surface area contributed by atoms with Crippen molar-refractivity contribution in [1.29, 1.82) is 0 Å². The molecule has 0 spiro atoms. The molecule has 0 N–H and O–H groups in total. The molecule has 0 aliphatic carbocycles. The summed E-state index contributed by atoms with van der Waals surface area (Å²) < 4.78 is 26.4. The van der Waals surface area contributed by atoms with E-state index >= 15 is 0 Å². The summed E-state index contributed by atoms with van der Waals surface area (Å²) in [6, 6.07) is 11.6. The summed E-state index contributed by atoms with van der Waals surface area (Å²) in [5.41, 5.74) is 1.79. The molecule has 2 rings (SSSR count). The Hall–Kier alpha value is -1.70. The van der Waals surface area contributed by atoms with Crippen molar-refractivity contribution >= 4 is 0 Å². The van der Waals surface area contributed by atoms with Crippen LogP contribution in [0.25, 0.3) is 11.1 Å². The zero-order valence-corrected chi connectivity index (χ0v) is 8.22. The Morgan fingerprint density at radius 3 is 2.53 bits per heavy atom. The van der Waals surface area contributed by atoms with Crippen LogP contribution in [0.2, 0.25) is 0 Å². The Kier molecular flexibility index (Phi) is 2.50. The van der Waals surface area contributed by atoms with Gasteiger partial charge in [-0.05, 0) is 30.2 Å². The predicted octanol–water partition coefficient (Wildman–Crippen LogP) is 3.74. The van der Waals surface area contributed by atoms with Gasteiger partial charge < -0.3 is 0 Å². The third kappa shape index (κ3) is 2.04. The van der Waals surface area contributed by atoms with Crippen molar-refractivity contribution < 1.29 is 8.78 Å². The molecule has 0 unspecified atom stereocenters. The molecule has 2 aromatic carbocycles. The first-order valence-corrected chi connectivity index (χ1v) is 4.60. The van der Waals surface area contributed by atoms with Gasteiger partial charge in [0.05, 0.1) is 0 Å². The van der Waals surface area contributed by atoms with Gasteiger partial charge in [0.15, 0.2) is 0 Å². The summed E-state index contributed by atoms with van der Waals surface area (Å²) >= 11 is 0. The lowest BCUT2D eigenvalue weighted by Gasteiger charge is -2.04. The van der Waals surface area contributed by atoms with E-state index < -0.39 is 5.82 Å². The van der Waals surface area contributed by atoms with Gasteiger partial charge in [-0.15, -0.1) is 0 Å². The minimum absolute atomic E-state index is 0.333. The highest BCUT2D eigenvalue weighted by molar-refractivity contribution is 5.64. The SMILES string of the molecule is Cc1ccc(-c2cc[c]c(F)c2)c(F)c1. The van der Waals surface area contributed by atoms with E-state index in [1.807, 2.05) is 6.92 Å². The molecule has 0 bridgehead atoms. The van der Waals surface area contributed by atoms with Gasteiger partial charge in [-0.25, -0.2) is 8.78 Å². The third-order valence-corrected chi connectivity index (χ3v) is 2.20. The van der Waals surface area contributed by atoms with Crippen LogP contribution in [0.4, 0.5) is 8.78 Å². The van der Waals surface area contributed by atoms with E-state index in [0.717, 1.165) is 5.56 Å². The van der Waals surface area contributed by atoms with Gasteiger partial charge >= 0.3 is 0 Å². The number of hydrogen-bond donors (Lipinski definition) is 0. The fourth-order valence-corrected chi connectivity index (χ4v) is 1.46. The Bertz CT molecular complexity index is 490. The van der Waals surface area contributed by atoms with Crippen molar-refractivity contribution in [3.8, 4) is 11.1 Å². The van der Waals surface area contributed by atoms with Crippen LogP contribution in [0.1, 0.15) is 5.56 Å². The van der Waals surface area contributed by atoms with Gasteiger partial charge in [-0.2, -0.15) is 0 Å². The van der Waals surface area contributed by atoms with Crippen molar-refractivity contribution in [3.05, 3.63) is 59.7 Å². The number of rotatable bonds is 1. The predicted molar refractivity (Wildman–Crippen MR) is 55.4 cm³/mol. The largest absolute Gasteiger partial charge is 0.206 e. The standard InChI is InChI=1S/C13H9F2/c1-9-5-6-12(13(15)7-9)10-3-2-4-11(14)8-10/h2-3,5-8H,1H3. The maximum Gasteiger partial charge on any atom is 0.131 e. The molecule has 0 aliphatic rings. The summed E-state index contributed by atoms with van der Waals surface area (Å²) in [5.74, 6) is -0.812. The van der Waals surface area contributed by atoms with Crippen LogP contribution < -0.4 is 0 Å². The van der Waals surface area contributed by atoms with Crippen molar-refractivity contribution in [1.82, 2.24) is 0 Å². The average Bonchev–Trinajstić information content (AvgIpc) is 2.17. The summed E-state index contributed by atoms with van der Waals surface area (Å²) in [6.45, 7) is 1.81. The minimum Gasteiger partial charge on any atom is -0.206 e. The molecular formula is C13H9F2. The number of hydrogen-bond acceptors (Lipinski definition) is 0. The molecule has 1 radical (unpaired) electrons. The maximum atomic E-state index is 13.5. The molecule has 0 fully saturated rings. The smallest absolute Gasteiger partial charge is 0.131 e. The molecule has 0 nitrogen and oxygen atoms in total. The second-order valence-corrected chi connectivity index (χ2v) is 3.41. The van der Waals surface area contributed by atoms with Crippen molar-refractivity contribution in [2.24, 2.45) is 0 Å². The molecule has 0 saturated heterocycles. The fraction of sp³-hybridized carbons (Fsp3) is 0.0769. The molecule has 2 heteroatoms. The number of halogens is 2. The first-order valence-electron chi connectivity index (χ1n) is 4.60. The van der Waals surface area contributed by atoms with Gasteiger partial charge in [0.1, 0.15) is 11.6 Å². The first-order chi connectivity index (χ1) is 7.16. The van der Waals surface area contributed by atoms with E-state index in [0.29, 0.717) is 11.1 Å². The van der Waals surface area contributed by atoms with Crippen LogP contribution in [0.3, 0.4) is 0 Å². The Labute approximate surface area is 87.2 Å². The zero-order valence-electron chi connectivity index (χ0n) is 8.22. The fourth-order valence-electron chi connectivity index (χ4n) is 1.46. The van der Waals surface area contributed by atoms with Crippen molar-refractivity contribution in [3.63, 3.8) is 0 Å². The Morgan fingerprint density at radius 2 is 1.87 bits per heavy atom. The quantitative estimate of drug-likeness (QED) is 0.662. The molecule has 0 amide bonds. The molecule has 0 heterocycles. The van der Waals surface area contributed by atoms with Crippen LogP contribution in [-0.2, 0) is 0 Å². The summed E-state index contributed by atoms with van der Waals surface area (Å²) in [5, 5.41) is 0. The monoisotopic (exact) mass is 203 g/mol. The van der Waals surface area contributed by atoms with E-state index in [1.54, 1.807) is 18.2 Å². The molecule has 0 saturated carbocycles. The lowest BCUT2D eigenvalue weighted by Crippen LogP contribution is -1.86. The van der Waals surface area contributed by atoms with Gasteiger partial charge in [-0.3, -0.25) is 0 Å². The lowest BCUT2D eigenvalue weighted by atomic mass is 10.0.